The van der Waals surface area contributed by atoms with Crippen LogP contribution in [-0.4, -0.2) is 29.3 Å². The van der Waals surface area contributed by atoms with Crippen LogP contribution in [0.1, 0.15) is 25.7 Å². The van der Waals surface area contributed by atoms with E-state index in [1.165, 1.54) is 19.3 Å². The molecule has 10 heavy (non-hydrogen) atoms. The van der Waals surface area contributed by atoms with Crippen molar-refractivity contribution in [3.8, 4) is 0 Å². The van der Waals surface area contributed by atoms with Gasteiger partial charge in [-0.05, 0) is 19.3 Å². The van der Waals surface area contributed by atoms with Gasteiger partial charge in [0, 0.05) is 19.2 Å². The van der Waals surface area contributed by atoms with Crippen LogP contribution < -0.4 is 5.84 Å². The summed E-state index contributed by atoms with van der Waals surface area (Å²) < 4.78 is 0. The maximum absolute atomic E-state index is 8.51. The van der Waals surface area contributed by atoms with Gasteiger partial charge in [0.2, 0.25) is 0 Å². The quantitative estimate of drug-likeness (QED) is 0.434. The van der Waals surface area contributed by atoms with E-state index in [-0.39, 0.29) is 6.61 Å². The average Bonchev–Trinajstić information content (AvgIpc) is 1.79. The molecule has 0 amide bonds. The molecule has 0 bridgehead atoms. The van der Waals surface area contributed by atoms with Crippen molar-refractivity contribution in [3.63, 3.8) is 0 Å². The first-order valence-electron chi connectivity index (χ1n) is 3.97. The second kappa shape index (κ2) is 3.91. The molecule has 0 saturated heterocycles. The summed E-state index contributed by atoms with van der Waals surface area (Å²) in [6.45, 7) is 1.08. The van der Waals surface area contributed by atoms with Gasteiger partial charge in [0.25, 0.3) is 0 Å². The molecule has 60 valence electrons. The molecular weight excluding hydrogens is 128 g/mol. The van der Waals surface area contributed by atoms with Crippen molar-refractivity contribution in [2.75, 3.05) is 13.2 Å². The van der Waals surface area contributed by atoms with E-state index in [1.54, 1.807) is 0 Å². The van der Waals surface area contributed by atoms with E-state index in [0.717, 1.165) is 13.0 Å². The van der Waals surface area contributed by atoms with Crippen LogP contribution in [-0.2, 0) is 0 Å². The van der Waals surface area contributed by atoms with E-state index in [0.29, 0.717) is 6.04 Å². The van der Waals surface area contributed by atoms with Gasteiger partial charge in [-0.1, -0.05) is 6.42 Å². The van der Waals surface area contributed by atoms with Crippen LogP contribution in [0.25, 0.3) is 0 Å². The van der Waals surface area contributed by atoms with Crippen LogP contribution >= 0.6 is 0 Å². The largest absolute Gasteiger partial charge is 0.396 e. The van der Waals surface area contributed by atoms with Crippen molar-refractivity contribution in [2.24, 2.45) is 5.84 Å². The number of rotatable bonds is 4. The monoisotopic (exact) mass is 144 g/mol. The third-order valence-corrected chi connectivity index (χ3v) is 2.12. The van der Waals surface area contributed by atoms with Gasteiger partial charge in [0.15, 0.2) is 0 Å². The maximum Gasteiger partial charge on any atom is 0.0443 e. The Morgan fingerprint density at radius 1 is 1.50 bits per heavy atom. The van der Waals surface area contributed by atoms with Crippen molar-refractivity contribution < 1.29 is 5.11 Å². The van der Waals surface area contributed by atoms with Crippen molar-refractivity contribution in [2.45, 2.75) is 31.7 Å². The molecule has 0 aromatic rings. The minimum Gasteiger partial charge on any atom is -0.396 e. The van der Waals surface area contributed by atoms with Gasteiger partial charge in [-0.3, -0.25) is 5.84 Å². The molecule has 3 N–H and O–H groups in total. The van der Waals surface area contributed by atoms with Crippen LogP contribution in [0.4, 0.5) is 0 Å². The summed E-state index contributed by atoms with van der Waals surface area (Å²) >= 11 is 0. The van der Waals surface area contributed by atoms with E-state index in [9.17, 15) is 0 Å². The molecule has 0 aromatic carbocycles. The van der Waals surface area contributed by atoms with E-state index in [1.807, 2.05) is 5.01 Å². The van der Waals surface area contributed by atoms with Gasteiger partial charge in [-0.15, -0.1) is 0 Å². The van der Waals surface area contributed by atoms with Gasteiger partial charge in [0.1, 0.15) is 0 Å². The zero-order chi connectivity index (χ0) is 7.40. The smallest absolute Gasteiger partial charge is 0.0443 e. The zero-order valence-electron chi connectivity index (χ0n) is 6.29. The van der Waals surface area contributed by atoms with E-state index in [2.05, 4.69) is 0 Å². The van der Waals surface area contributed by atoms with Crippen LogP contribution in [0.3, 0.4) is 0 Å². The third-order valence-electron chi connectivity index (χ3n) is 2.12. The fourth-order valence-electron chi connectivity index (χ4n) is 1.15. The first-order chi connectivity index (χ1) is 4.84. The minimum absolute atomic E-state index is 0.250. The summed E-state index contributed by atoms with van der Waals surface area (Å²) in [6.07, 6.45) is 4.59. The Hall–Kier alpha value is -0.120. The molecule has 3 nitrogen and oxygen atoms in total. The molecule has 1 aliphatic carbocycles. The first kappa shape index (κ1) is 7.98. The Morgan fingerprint density at radius 2 is 2.20 bits per heavy atom. The van der Waals surface area contributed by atoms with E-state index < -0.39 is 0 Å². The molecule has 0 aliphatic heterocycles. The highest BCUT2D eigenvalue weighted by Crippen LogP contribution is 2.22. The van der Waals surface area contributed by atoms with Crippen LogP contribution in [0.15, 0.2) is 0 Å². The molecule has 3 heteroatoms. The van der Waals surface area contributed by atoms with Gasteiger partial charge < -0.3 is 5.11 Å². The van der Waals surface area contributed by atoms with E-state index >= 15 is 0 Å². The number of nitrogens with zero attached hydrogens (tertiary/aromatic N) is 1. The maximum atomic E-state index is 8.51. The lowest BCUT2D eigenvalue weighted by molar-refractivity contribution is 0.118. The molecule has 1 fully saturated rings. The van der Waals surface area contributed by atoms with Crippen LogP contribution in [0, 0.1) is 0 Å². The standard InChI is InChI=1S/C7H16N2O/c8-9(5-2-6-10)7-3-1-4-7/h7,10H,1-6,8H2. The number of nitrogens with two attached hydrogens (primary N) is 1. The Kier molecular flexibility index (Phi) is 3.12. The van der Waals surface area contributed by atoms with Gasteiger partial charge in [-0.2, -0.15) is 0 Å². The molecule has 0 spiro atoms. The highest BCUT2D eigenvalue weighted by molar-refractivity contribution is 4.76. The molecule has 1 rings (SSSR count). The molecule has 0 unspecified atom stereocenters. The van der Waals surface area contributed by atoms with Crippen LogP contribution in [0.2, 0.25) is 0 Å². The summed E-state index contributed by atoms with van der Waals surface area (Å²) in [5.74, 6) is 5.69. The first-order valence-corrected chi connectivity index (χ1v) is 3.97. The number of hydrazine groups is 1. The number of hydrogen-bond acceptors (Lipinski definition) is 3. The van der Waals surface area contributed by atoms with Crippen molar-refractivity contribution in [1.82, 2.24) is 5.01 Å². The molecule has 0 atom stereocenters. The second-order valence-corrected chi connectivity index (χ2v) is 2.90. The molecule has 0 radical (unpaired) electrons. The summed E-state index contributed by atoms with van der Waals surface area (Å²) in [5, 5.41) is 10.4. The average molecular weight is 144 g/mol. The molecule has 1 saturated carbocycles. The lowest BCUT2D eigenvalue weighted by Crippen LogP contribution is -2.45. The third kappa shape index (κ3) is 1.94. The SMILES string of the molecule is NN(CCCO)C1CCC1. The molecule has 0 heterocycles. The van der Waals surface area contributed by atoms with Gasteiger partial charge >= 0.3 is 0 Å². The van der Waals surface area contributed by atoms with E-state index in [4.69, 9.17) is 10.9 Å². The normalized spacial score (nSPS) is 19.5. The minimum atomic E-state index is 0.250. The van der Waals surface area contributed by atoms with Crippen molar-refractivity contribution in [3.05, 3.63) is 0 Å². The van der Waals surface area contributed by atoms with Gasteiger partial charge in [-0.25, -0.2) is 5.01 Å². The molecular formula is C7H16N2O. The lowest BCUT2D eigenvalue weighted by Gasteiger charge is -2.33. The predicted molar refractivity (Wildman–Crippen MR) is 40.2 cm³/mol. The fraction of sp³-hybridized carbons (Fsp3) is 1.00. The highest BCUT2D eigenvalue weighted by Gasteiger charge is 2.21. The number of aliphatic hydroxyl groups is 1. The van der Waals surface area contributed by atoms with Crippen LogP contribution in [0.5, 0.6) is 0 Å². The summed E-state index contributed by atoms with van der Waals surface area (Å²) in [7, 11) is 0. The van der Waals surface area contributed by atoms with Gasteiger partial charge in [0.05, 0.1) is 0 Å². The Labute approximate surface area is 61.8 Å². The summed E-state index contributed by atoms with van der Waals surface area (Å²) in [5.41, 5.74) is 0. The Balaban J connectivity index is 2.02. The predicted octanol–water partition coefficient (Wildman–Crippen LogP) is 0.0970. The number of hydrogen-bond donors (Lipinski definition) is 2. The molecule has 1 aliphatic rings. The summed E-state index contributed by atoms with van der Waals surface area (Å²) in [6, 6.07) is 0.603. The number of aliphatic hydroxyl groups excluding tert-OH is 1. The zero-order valence-corrected chi connectivity index (χ0v) is 6.29. The fourth-order valence-corrected chi connectivity index (χ4v) is 1.15. The highest BCUT2D eigenvalue weighted by atomic mass is 16.3. The summed E-state index contributed by atoms with van der Waals surface area (Å²) in [4.78, 5) is 0. The van der Waals surface area contributed by atoms with Crippen molar-refractivity contribution in [1.29, 1.82) is 0 Å². The van der Waals surface area contributed by atoms with Crippen molar-refractivity contribution >= 4 is 0 Å². The molecule has 0 aromatic heterocycles. The Bertz CT molecular complexity index is 93.6. The topological polar surface area (TPSA) is 49.5 Å². The second-order valence-electron chi connectivity index (χ2n) is 2.90. The lowest BCUT2D eigenvalue weighted by atomic mass is 9.92. The Morgan fingerprint density at radius 3 is 2.60 bits per heavy atom.